The Morgan fingerprint density at radius 2 is 2.08 bits per heavy atom. The van der Waals surface area contributed by atoms with Crippen molar-refractivity contribution in [3.63, 3.8) is 0 Å². The van der Waals surface area contributed by atoms with Gasteiger partial charge >= 0.3 is 0 Å². The molecule has 1 radical (unpaired) electrons. The number of hydrogen-bond acceptors (Lipinski definition) is 3. The van der Waals surface area contributed by atoms with Crippen molar-refractivity contribution in [2.24, 2.45) is 0 Å². The Morgan fingerprint density at radius 3 is 2.67 bits per heavy atom. The van der Waals surface area contributed by atoms with Gasteiger partial charge in [0.2, 0.25) is 0 Å². The molecule has 2 rings (SSSR count). The van der Waals surface area contributed by atoms with Crippen LogP contribution in [0.25, 0.3) is 5.70 Å². The number of nitrogens with zero attached hydrogens (tertiary/aromatic N) is 1. The molecule has 8 heteroatoms. The first-order valence-corrected chi connectivity index (χ1v) is 6.97. The summed E-state index contributed by atoms with van der Waals surface area (Å²) in [4.78, 5) is 1.14. The van der Waals surface area contributed by atoms with E-state index in [2.05, 4.69) is 12.7 Å². The van der Waals surface area contributed by atoms with Crippen molar-refractivity contribution in [2.45, 2.75) is 6.43 Å². The topological polar surface area (TPSA) is 21.7 Å². The zero-order valence-electron chi connectivity index (χ0n) is 12.9. The fraction of sp³-hybridized carbons (Fsp3) is 0.250. The predicted molar refractivity (Wildman–Crippen MR) is 81.3 cm³/mol. The maximum Gasteiger partial charge on any atom is 0.256 e. The van der Waals surface area contributed by atoms with Gasteiger partial charge in [0.1, 0.15) is 5.75 Å². The summed E-state index contributed by atoms with van der Waals surface area (Å²) in [6.45, 7) is 2.97. The summed E-state index contributed by atoms with van der Waals surface area (Å²) in [5.41, 5.74) is 0.396. The standard InChI is InChI=1S/C16H14ClF3NO2.Y/c1-10-13(17)5-6-15(21(10)8-16(19)20)12-4-3-11(7-14(12)18)23-9-22-2;/h3-5,7,16H,1,8-9H2,2H3;/q-1;. The van der Waals surface area contributed by atoms with Gasteiger partial charge in [0.05, 0.1) is 12.4 Å². The molecule has 0 saturated heterocycles. The van der Waals surface area contributed by atoms with Gasteiger partial charge in [-0.3, -0.25) is 0 Å². The van der Waals surface area contributed by atoms with Crippen molar-refractivity contribution < 1.29 is 55.4 Å². The van der Waals surface area contributed by atoms with Crippen LogP contribution in [0.4, 0.5) is 13.2 Å². The van der Waals surface area contributed by atoms with E-state index >= 15 is 0 Å². The molecule has 3 nitrogen and oxygen atoms in total. The monoisotopic (exact) mass is 433 g/mol. The Labute approximate surface area is 168 Å². The summed E-state index contributed by atoms with van der Waals surface area (Å²) in [6.07, 6.45) is 1.45. The molecule has 127 valence electrons. The fourth-order valence-corrected chi connectivity index (χ4v) is 2.18. The molecule has 1 aromatic rings. The van der Waals surface area contributed by atoms with E-state index in [9.17, 15) is 13.2 Å². The summed E-state index contributed by atoms with van der Waals surface area (Å²) in [7, 11) is 1.44. The minimum atomic E-state index is -2.64. The van der Waals surface area contributed by atoms with Gasteiger partial charge in [-0.25, -0.2) is 13.2 Å². The molecule has 0 aliphatic carbocycles. The van der Waals surface area contributed by atoms with E-state index in [4.69, 9.17) is 21.1 Å². The van der Waals surface area contributed by atoms with Crippen LogP contribution in [0.1, 0.15) is 5.56 Å². The predicted octanol–water partition coefficient (Wildman–Crippen LogP) is 4.17. The molecular formula is C16H14ClF3NO2Y-. The summed E-state index contributed by atoms with van der Waals surface area (Å²) in [5, 5.41) is 0.176. The van der Waals surface area contributed by atoms with Gasteiger partial charge in [-0.05, 0) is 16.8 Å². The first kappa shape index (κ1) is 21.2. The van der Waals surface area contributed by atoms with Crippen molar-refractivity contribution in [1.82, 2.24) is 4.90 Å². The van der Waals surface area contributed by atoms with E-state index in [1.54, 1.807) is 0 Å². The smallest absolute Gasteiger partial charge is 0.256 e. The van der Waals surface area contributed by atoms with Crippen LogP contribution in [0.3, 0.4) is 0 Å². The van der Waals surface area contributed by atoms with Crippen molar-refractivity contribution in [3.8, 4) is 5.75 Å². The number of methoxy groups -OCH3 is 1. The first-order valence-electron chi connectivity index (χ1n) is 6.59. The van der Waals surface area contributed by atoms with Gasteiger partial charge in [0.15, 0.2) is 6.79 Å². The molecule has 0 atom stereocenters. The molecule has 1 aliphatic heterocycles. The minimum absolute atomic E-state index is 0. The summed E-state index contributed by atoms with van der Waals surface area (Å²) >= 11 is 5.89. The molecule has 0 amide bonds. The van der Waals surface area contributed by atoms with Crippen LogP contribution in [0.15, 0.2) is 41.6 Å². The maximum atomic E-state index is 14.3. The Hall–Kier alpha value is -0.816. The van der Waals surface area contributed by atoms with E-state index in [1.165, 1.54) is 25.3 Å². The second-order valence-corrected chi connectivity index (χ2v) is 5.03. The van der Waals surface area contributed by atoms with Crippen LogP contribution in [0.5, 0.6) is 5.75 Å². The van der Waals surface area contributed by atoms with Gasteiger partial charge < -0.3 is 14.4 Å². The van der Waals surface area contributed by atoms with E-state index < -0.39 is 18.8 Å². The van der Waals surface area contributed by atoms with Gasteiger partial charge in [-0.15, -0.1) is 6.07 Å². The maximum absolute atomic E-state index is 14.3. The molecular weight excluding hydrogens is 420 g/mol. The van der Waals surface area contributed by atoms with Crippen LogP contribution in [-0.2, 0) is 37.4 Å². The average molecular weight is 434 g/mol. The molecule has 0 bridgehead atoms. The van der Waals surface area contributed by atoms with Crippen molar-refractivity contribution in [1.29, 1.82) is 0 Å². The molecule has 0 N–H and O–H groups in total. The quantitative estimate of drug-likeness (QED) is 0.497. The number of benzene rings is 1. The molecule has 0 saturated carbocycles. The Morgan fingerprint density at radius 1 is 1.38 bits per heavy atom. The molecule has 0 unspecified atom stereocenters. The largest absolute Gasteiger partial charge is 0.468 e. The third kappa shape index (κ3) is 5.09. The van der Waals surface area contributed by atoms with Gasteiger partial charge in [0, 0.05) is 45.9 Å². The van der Waals surface area contributed by atoms with E-state index in [0.717, 1.165) is 11.0 Å². The zero-order chi connectivity index (χ0) is 17.0. The van der Waals surface area contributed by atoms with Gasteiger partial charge in [-0.1, -0.05) is 17.8 Å². The first-order chi connectivity index (χ1) is 10.9. The number of rotatable bonds is 6. The fourth-order valence-electron chi connectivity index (χ4n) is 2.02. The number of hydrogen-bond donors (Lipinski definition) is 0. The second-order valence-electron chi connectivity index (χ2n) is 4.63. The molecule has 0 spiro atoms. The normalized spacial score (nSPS) is 14.2. The number of allylic oxidation sites excluding steroid dienone is 3. The van der Waals surface area contributed by atoms with Crippen LogP contribution in [-0.4, -0.2) is 31.8 Å². The van der Waals surface area contributed by atoms with Crippen LogP contribution in [0.2, 0.25) is 0 Å². The van der Waals surface area contributed by atoms with E-state index in [1.807, 2.05) is 0 Å². The molecule has 0 fully saturated rings. The number of alkyl halides is 2. The molecule has 1 aliphatic rings. The third-order valence-corrected chi connectivity index (χ3v) is 3.39. The van der Waals surface area contributed by atoms with Crippen molar-refractivity contribution in [3.05, 3.63) is 59.0 Å². The Balaban J connectivity index is 0.00000288. The summed E-state index contributed by atoms with van der Waals surface area (Å²) < 4.78 is 49.8. The van der Waals surface area contributed by atoms with Crippen LogP contribution in [0, 0.1) is 11.9 Å². The number of ether oxygens (including phenoxy) is 2. The molecule has 1 heterocycles. The van der Waals surface area contributed by atoms with Crippen LogP contribution < -0.4 is 4.74 Å². The van der Waals surface area contributed by atoms with Gasteiger partial charge in [0.25, 0.3) is 6.43 Å². The van der Waals surface area contributed by atoms with Crippen LogP contribution >= 0.6 is 11.6 Å². The van der Waals surface area contributed by atoms with Crippen molar-refractivity contribution in [2.75, 3.05) is 20.4 Å². The molecule has 0 aromatic heterocycles. The second kappa shape index (κ2) is 9.61. The SMILES string of the molecule is C=C1C(Cl)=C[C-]=C(c2ccc(OCOC)cc2F)N1CC(F)F.[Y]. The summed E-state index contributed by atoms with van der Waals surface area (Å²) in [6, 6.07) is 4.07. The Kier molecular flexibility index (Phi) is 8.50. The number of halogens is 4. The summed E-state index contributed by atoms with van der Waals surface area (Å²) in [5.74, 6) is -0.378. The van der Waals surface area contributed by atoms with E-state index in [-0.39, 0.29) is 67.2 Å². The third-order valence-electron chi connectivity index (χ3n) is 3.07. The van der Waals surface area contributed by atoms with E-state index in [0.29, 0.717) is 0 Å². The Bertz CT molecular complexity index is 665. The molecule has 1 aromatic carbocycles. The van der Waals surface area contributed by atoms with Crippen molar-refractivity contribution >= 4 is 17.3 Å². The molecule has 24 heavy (non-hydrogen) atoms. The zero-order valence-corrected chi connectivity index (χ0v) is 16.5. The minimum Gasteiger partial charge on any atom is -0.468 e. The average Bonchev–Trinajstić information content (AvgIpc) is 2.50. The van der Waals surface area contributed by atoms with Gasteiger partial charge in [-0.2, -0.15) is 23.8 Å².